The molecule has 2 amide bonds. The third-order valence-electron chi connectivity index (χ3n) is 4.20. The van der Waals surface area contributed by atoms with E-state index in [0.717, 1.165) is 5.56 Å². The highest BCUT2D eigenvalue weighted by molar-refractivity contribution is 5.92. The first-order valence-corrected chi connectivity index (χ1v) is 7.67. The maximum Gasteiger partial charge on any atom is 0.274 e. The Kier molecular flexibility index (Phi) is 4.14. The Morgan fingerprint density at radius 3 is 2.48 bits per heavy atom. The van der Waals surface area contributed by atoms with Crippen molar-refractivity contribution in [1.82, 2.24) is 19.6 Å². The van der Waals surface area contributed by atoms with Crippen molar-refractivity contribution < 1.29 is 9.59 Å². The summed E-state index contributed by atoms with van der Waals surface area (Å²) in [4.78, 5) is 28.2. The number of rotatable bonds is 2. The molecule has 3 rings (SSSR count). The third-order valence-corrected chi connectivity index (χ3v) is 4.20. The monoisotopic (exact) mass is 312 g/mol. The Balaban J connectivity index is 1.90. The SMILES string of the molecule is CC(=O)N1CCN(C(=O)c2ccn(C)n2)[C@H](c2ccccc2)C1. The van der Waals surface area contributed by atoms with Crippen LogP contribution in [0.15, 0.2) is 42.6 Å². The molecule has 2 heterocycles. The summed E-state index contributed by atoms with van der Waals surface area (Å²) < 4.78 is 1.62. The van der Waals surface area contributed by atoms with Crippen LogP contribution < -0.4 is 0 Å². The fourth-order valence-corrected chi connectivity index (χ4v) is 2.95. The minimum absolute atomic E-state index is 0.0378. The average molecular weight is 312 g/mol. The van der Waals surface area contributed by atoms with Crippen LogP contribution in [0.25, 0.3) is 0 Å². The summed E-state index contributed by atoms with van der Waals surface area (Å²) in [5.74, 6) is -0.0569. The summed E-state index contributed by atoms with van der Waals surface area (Å²) in [5.41, 5.74) is 1.47. The van der Waals surface area contributed by atoms with E-state index in [1.54, 1.807) is 35.8 Å². The van der Waals surface area contributed by atoms with Crippen LogP contribution in [0.3, 0.4) is 0 Å². The van der Waals surface area contributed by atoms with Crippen molar-refractivity contribution in [2.75, 3.05) is 19.6 Å². The lowest BCUT2D eigenvalue weighted by molar-refractivity contribution is -0.131. The Labute approximate surface area is 135 Å². The molecule has 0 aliphatic carbocycles. The van der Waals surface area contributed by atoms with Crippen molar-refractivity contribution in [3.63, 3.8) is 0 Å². The second kappa shape index (κ2) is 6.24. The molecular formula is C17H20N4O2. The number of carbonyl (C=O) groups excluding carboxylic acids is 2. The van der Waals surface area contributed by atoms with Gasteiger partial charge in [-0.15, -0.1) is 0 Å². The lowest BCUT2D eigenvalue weighted by Gasteiger charge is -2.41. The van der Waals surface area contributed by atoms with E-state index in [1.807, 2.05) is 35.2 Å². The van der Waals surface area contributed by atoms with Crippen molar-refractivity contribution in [2.24, 2.45) is 7.05 Å². The van der Waals surface area contributed by atoms with Crippen molar-refractivity contribution >= 4 is 11.8 Å². The minimum Gasteiger partial charge on any atom is -0.339 e. The largest absolute Gasteiger partial charge is 0.339 e. The molecule has 0 N–H and O–H groups in total. The van der Waals surface area contributed by atoms with Crippen LogP contribution in [-0.4, -0.2) is 51.0 Å². The van der Waals surface area contributed by atoms with E-state index in [9.17, 15) is 9.59 Å². The van der Waals surface area contributed by atoms with E-state index < -0.39 is 0 Å². The van der Waals surface area contributed by atoms with Crippen LogP contribution >= 0.6 is 0 Å². The first kappa shape index (κ1) is 15.3. The predicted octanol–water partition coefficient (Wildman–Crippen LogP) is 1.47. The van der Waals surface area contributed by atoms with Crippen LogP contribution in [-0.2, 0) is 11.8 Å². The van der Waals surface area contributed by atoms with Gasteiger partial charge in [-0.05, 0) is 11.6 Å². The first-order valence-electron chi connectivity index (χ1n) is 7.67. The van der Waals surface area contributed by atoms with E-state index in [4.69, 9.17) is 0 Å². The summed E-state index contributed by atoms with van der Waals surface area (Å²) >= 11 is 0. The molecule has 2 aromatic rings. The molecule has 0 saturated carbocycles. The van der Waals surface area contributed by atoms with E-state index in [2.05, 4.69) is 5.10 Å². The van der Waals surface area contributed by atoms with Gasteiger partial charge in [0.15, 0.2) is 0 Å². The smallest absolute Gasteiger partial charge is 0.274 e. The highest BCUT2D eigenvalue weighted by Crippen LogP contribution is 2.26. The van der Waals surface area contributed by atoms with Crippen LogP contribution in [0.1, 0.15) is 29.0 Å². The number of nitrogens with zero attached hydrogens (tertiary/aromatic N) is 4. The fraction of sp³-hybridized carbons (Fsp3) is 0.353. The zero-order valence-electron chi connectivity index (χ0n) is 13.3. The van der Waals surface area contributed by atoms with E-state index in [0.29, 0.717) is 25.3 Å². The molecule has 1 fully saturated rings. The normalized spacial score (nSPS) is 18.1. The number of hydrogen-bond acceptors (Lipinski definition) is 3. The summed E-state index contributed by atoms with van der Waals surface area (Å²) in [5, 5.41) is 4.21. The topological polar surface area (TPSA) is 58.4 Å². The van der Waals surface area contributed by atoms with Gasteiger partial charge >= 0.3 is 0 Å². The lowest BCUT2D eigenvalue weighted by atomic mass is 10.0. The van der Waals surface area contributed by atoms with Gasteiger partial charge in [0.05, 0.1) is 6.04 Å². The molecule has 6 heteroatoms. The maximum absolute atomic E-state index is 12.8. The molecule has 1 atom stereocenters. The van der Waals surface area contributed by atoms with Gasteiger partial charge in [0.2, 0.25) is 5.91 Å². The Morgan fingerprint density at radius 1 is 1.13 bits per heavy atom. The summed E-state index contributed by atoms with van der Waals surface area (Å²) in [6.07, 6.45) is 1.76. The van der Waals surface area contributed by atoms with E-state index in [-0.39, 0.29) is 17.9 Å². The van der Waals surface area contributed by atoms with Crippen LogP contribution in [0.2, 0.25) is 0 Å². The molecule has 23 heavy (non-hydrogen) atoms. The van der Waals surface area contributed by atoms with Crippen molar-refractivity contribution in [1.29, 1.82) is 0 Å². The molecule has 1 aromatic carbocycles. The summed E-state index contributed by atoms with van der Waals surface area (Å²) in [6.45, 7) is 3.14. The van der Waals surface area contributed by atoms with Crippen molar-refractivity contribution in [3.8, 4) is 0 Å². The van der Waals surface area contributed by atoms with E-state index in [1.165, 1.54) is 0 Å². The van der Waals surface area contributed by atoms with Gasteiger partial charge in [-0.2, -0.15) is 5.10 Å². The van der Waals surface area contributed by atoms with Crippen molar-refractivity contribution in [2.45, 2.75) is 13.0 Å². The Hall–Kier alpha value is -2.63. The van der Waals surface area contributed by atoms with Gasteiger partial charge in [0.1, 0.15) is 5.69 Å². The molecule has 6 nitrogen and oxygen atoms in total. The molecule has 0 spiro atoms. The number of hydrogen-bond donors (Lipinski definition) is 0. The van der Waals surface area contributed by atoms with Gasteiger partial charge in [-0.25, -0.2) is 0 Å². The van der Waals surface area contributed by atoms with Gasteiger partial charge in [-0.3, -0.25) is 14.3 Å². The second-order valence-electron chi connectivity index (χ2n) is 5.76. The zero-order valence-corrected chi connectivity index (χ0v) is 13.3. The number of benzene rings is 1. The molecule has 120 valence electrons. The van der Waals surface area contributed by atoms with Crippen LogP contribution in [0.4, 0.5) is 0 Å². The number of piperazine rings is 1. The quantitative estimate of drug-likeness (QED) is 0.843. The number of carbonyl (C=O) groups is 2. The number of aryl methyl sites for hydroxylation is 1. The molecule has 1 aromatic heterocycles. The molecule has 0 radical (unpaired) electrons. The van der Waals surface area contributed by atoms with Crippen molar-refractivity contribution in [3.05, 3.63) is 53.9 Å². The molecule has 1 aliphatic heterocycles. The maximum atomic E-state index is 12.8. The number of aromatic nitrogens is 2. The number of amides is 2. The highest BCUT2D eigenvalue weighted by atomic mass is 16.2. The van der Waals surface area contributed by atoms with Gasteiger partial charge < -0.3 is 9.80 Å². The van der Waals surface area contributed by atoms with Gasteiger partial charge in [0.25, 0.3) is 5.91 Å². The fourth-order valence-electron chi connectivity index (χ4n) is 2.95. The molecule has 1 aliphatic rings. The third kappa shape index (κ3) is 3.11. The Morgan fingerprint density at radius 2 is 1.87 bits per heavy atom. The predicted molar refractivity (Wildman–Crippen MR) is 85.7 cm³/mol. The molecule has 1 saturated heterocycles. The average Bonchev–Trinajstić information content (AvgIpc) is 3.01. The zero-order chi connectivity index (χ0) is 16.4. The molecular weight excluding hydrogens is 292 g/mol. The standard InChI is InChI=1S/C17H20N4O2/c1-13(22)20-10-11-21(17(23)15-8-9-19(2)18-15)16(12-20)14-6-4-3-5-7-14/h3-9,16H,10-12H2,1-2H3/t16-/m0/s1. The van der Waals surface area contributed by atoms with Crippen LogP contribution in [0, 0.1) is 0 Å². The van der Waals surface area contributed by atoms with Gasteiger partial charge in [0, 0.05) is 39.8 Å². The second-order valence-corrected chi connectivity index (χ2v) is 5.76. The molecule has 0 bridgehead atoms. The summed E-state index contributed by atoms with van der Waals surface area (Å²) in [6, 6.07) is 11.4. The molecule has 0 unspecified atom stereocenters. The van der Waals surface area contributed by atoms with Crippen LogP contribution in [0.5, 0.6) is 0 Å². The minimum atomic E-state index is -0.150. The summed E-state index contributed by atoms with van der Waals surface area (Å²) in [7, 11) is 1.79. The first-order chi connectivity index (χ1) is 11.1. The highest BCUT2D eigenvalue weighted by Gasteiger charge is 2.33. The lowest BCUT2D eigenvalue weighted by Crippen LogP contribution is -2.52. The van der Waals surface area contributed by atoms with Gasteiger partial charge in [-0.1, -0.05) is 30.3 Å². The van der Waals surface area contributed by atoms with E-state index >= 15 is 0 Å². The Bertz CT molecular complexity index is 710.